The number of nitrogens with one attached hydrogen (secondary N) is 1. The average Bonchev–Trinajstić information content (AvgIpc) is 2.42. The summed E-state index contributed by atoms with van der Waals surface area (Å²) in [6.45, 7) is 2.36. The maximum absolute atomic E-state index is 13.5. The second-order valence-corrected chi connectivity index (χ2v) is 4.30. The Balaban J connectivity index is 2.13. The first-order valence-electron chi connectivity index (χ1n) is 5.96. The fourth-order valence-electron chi connectivity index (χ4n) is 1.75. The largest absolute Gasteiger partial charge is 0.361 e. The summed E-state index contributed by atoms with van der Waals surface area (Å²) in [5.74, 6) is -1.36. The monoisotopic (exact) mass is 263 g/mol. The summed E-state index contributed by atoms with van der Waals surface area (Å²) in [6.07, 6.45) is 0.982. The number of pyridine rings is 1. The third-order valence-corrected chi connectivity index (χ3v) is 2.88. The molecule has 0 spiro atoms. The first-order chi connectivity index (χ1) is 9.10. The molecular weight excluding hydrogens is 248 g/mol. The number of rotatable bonds is 4. The average molecular weight is 263 g/mol. The molecule has 0 radical (unpaired) electrons. The molecule has 1 aromatic carbocycles. The number of aromatic nitrogens is 1. The van der Waals surface area contributed by atoms with Gasteiger partial charge in [0.1, 0.15) is 5.82 Å². The van der Waals surface area contributed by atoms with Crippen LogP contribution in [-0.2, 0) is 6.54 Å². The highest BCUT2D eigenvalue weighted by atomic mass is 19.1. The van der Waals surface area contributed by atoms with Gasteiger partial charge in [-0.3, -0.25) is 0 Å². The molecule has 100 valence electrons. The van der Waals surface area contributed by atoms with Crippen LogP contribution in [0.4, 0.5) is 14.6 Å². The summed E-state index contributed by atoms with van der Waals surface area (Å²) in [5, 5.41) is 2.91. The maximum atomic E-state index is 13.5. The molecule has 5 heteroatoms. The van der Waals surface area contributed by atoms with Crippen LogP contribution >= 0.6 is 0 Å². The van der Waals surface area contributed by atoms with Crippen LogP contribution in [0.5, 0.6) is 0 Å². The van der Waals surface area contributed by atoms with Gasteiger partial charge in [-0.05, 0) is 18.1 Å². The van der Waals surface area contributed by atoms with Crippen LogP contribution in [0.25, 0.3) is 0 Å². The molecule has 0 amide bonds. The number of nitrogens with two attached hydrogens (primary N) is 1. The van der Waals surface area contributed by atoms with Gasteiger partial charge in [0.2, 0.25) is 0 Å². The normalized spacial score (nSPS) is 12.2. The second kappa shape index (κ2) is 5.75. The minimum atomic E-state index is -0.703. The van der Waals surface area contributed by atoms with E-state index in [2.05, 4.69) is 10.3 Å². The van der Waals surface area contributed by atoms with Gasteiger partial charge in [-0.25, -0.2) is 13.8 Å². The summed E-state index contributed by atoms with van der Waals surface area (Å²) in [4.78, 5) is 3.70. The molecule has 0 aliphatic carbocycles. The zero-order chi connectivity index (χ0) is 13.8. The molecule has 0 saturated carbocycles. The van der Waals surface area contributed by atoms with Crippen molar-refractivity contribution in [1.29, 1.82) is 0 Å². The molecule has 1 heterocycles. The summed E-state index contributed by atoms with van der Waals surface area (Å²) < 4.78 is 26.2. The van der Waals surface area contributed by atoms with Gasteiger partial charge in [0.05, 0.1) is 12.2 Å². The Kier molecular flexibility index (Phi) is 4.06. The predicted molar refractivity (Wildman–Crippen MR) is 70.5 cm³/mol. The lowest BCUT2D eigenvalue weighted by atomic mass is 10.1. The molecule has 3 nitrogen and oxygen atoms in total. The third kappa shape index (κ3) is 3.26. The fraction of sp³-hybridized carbons (Fsp3) is 0.214. The van der Waals surface area contributed by atoms with Crippen molar-refractivity contribution in [2.24, 2.45) is 5.73 Å². The lowest BCUT2D eigenvalue weighted by molar-refractivity contribution is 0.574. The highest BCUT2D eigenvalue weighted by Gasteiger charge is 2.10. The van der Waals surface area contributed by atoms with Gasteiger partial charge in [0.15, 0.2) is 11.6 Å². The van der Waals surface area contributed by atoms with E-state index < -0.39 is 11.6 Å². The van der Waals surface area contributed by atoms with Crippen molar-refractivity contribution >= 4 is 5.82 Å². The van der Waals surface area contributed by atoms with E-state index in [1.54, 1.807) is 0 Å². The highest BCUT2D eigenvalue weighted by molar-refractivity contribution is 5.39. The molecule has 0 fully saturated rings. The van der Waals surface area contributed by atoms with Crippen molar-refractivity contribution in [3.8, 4) is 0 Å². The first-order valence-corrected chi connectivity index (χ1v) is 5.96. The Labute approximate surface area is 110 Å². The molecule has 0 saturated heterocycles. The molecule has 1 aromatic heterocycles. The van der Waals surface area contributed by atoms with Gasteiger partial charge < -0.3 is 11.1 Å². The van der Waals surface area contributed by atoms with E-state index in [4.69, 9.17) is 5.73 Å². The molecule has 2 rings (SSSR count). The van der Waals surface area contributed by atoms with Crippen LogP contribution in [0.3, 0.4) is 0 Å². The van der Waals surface area contributed by atoms with Crippen molar-refractivity contribution in [3.63, 3.8) is 0 Å². The standard InChI is InChI=1S/C14H15F2N3/c1-9(11-4-2-10(7-17)3-5-11)19-14-13(16)6-12(15)8-18-14/h2-6,8-9H,7,17H2,1H3,(H,18,19). The van der Waals surface area contributed by atoms with Crippen LogP contribution in [-0.4, -0.2) is 4.98 Å². The van der Waals surface area contributed by atoms with Crippen LogP contribution in [0, 0.1) is 11.6 Å². The van der Waals surface area contributed by atoms with Gasteiger partial charge in [0.25, 0.3) is 0 Å². The van der Waals surface area contributed by atoms with Crippen molar-refractivity contribution in [3.05, 3.63) is 59.3 Å². The van der Waals surface area contributed by atoms with Gasteiger partial charge in [-0.1, -0.05) is 24.3 Å². The maximum Gasteiger partial charge on any atom is 0.168 e. The molecule has 0 bridgehead atoms. The first kappa shape index (κ1) is 13.4. The highest BCUT2D eigenvalue weighted by Crippen LogP contribution is 2.20. The lowest BCUT2D eigenvalue weighted by Gasteiger charge is -2.15. The summed E-state index contributed by atoms with van der Waals surface area (Å²) in [5.41, 5.74) is 7.53. The summed E-state index contributed by atoms with van der Waals surface area (Å²) in [6, 6.07) is 8.34. The number of halogens is 2. The minimum absolute atomic E-state index is 0.0387. The molecule has 0 aliphatic rings. The Morgan fingerprint density at radius 1 is 1.26 bits per heavy atom. The topological polar surface area (TPSA) is 50.9 Å². The van der Waals surface area contributed by atoms with E-state index in [-0.39, 0.29) is 11.9 Å². The van der Waals surface area contributed by atoms with E-state index in [9.17, 15) is 8.78 Å². The van der Waals surface area contributed by atoms with E-state index in [0.29, 0.717) is 6.54 Å². The molecule has 2 aromatic rings. The summed E-state index contributed by atoms with van der Waals surface area (Å²) >= 11 is 0. The molecule has 1 atom stereocenters. The van der Waals surface area contributed by atoms with Gasteiger partial charge in [-0.2, -0.15) is 0 Å². The van der Waals surface area contributed by atoms with Crippen LogP contribution in [0.2, 0.25) is 0 Å². The van der Waals surface area contributed by atoms with E-state index >= 15 is 0 Å². The third-order valence-electron chi connectivity index (χ3n) is 2.88. The van der Waals surface area contributed by atoms with Crippen molar-refractivity contribution in [1.82, 2.24) is 4.98 Å². The lowest BCUT2D eigenvalue weighted by Crippen LogP contribution is -2.10. The number of benzene rings is 1. The minimum Gasteiger partial charge on any atom is -0.361 e. The second-order valence-electron chi connectivity index (χ2n) is 4.30. The van der Waals surface area contributed by atoms with Crippen LogP contribution in [0.1, 0.15) is 24.1 Å². The number of hydrogen-bond acceptors (Lipinski definition) is 3. The molecule has 0 aliphatic heterocycles. The zero-order valence-corrected chi connectivity index (χ0v) is 10.5. The smallest absolute Gasteiger partial charge is 0.168 e. The van der Waals surface area contributed by atoms with Gasteiger partial charge in [0, 0.05) is 12.6 Å². The number of anilines is 1. The number of hydrogen-bond donors (Lipinski definition) is 2. The van der Waals surface area contributed by atoms with Gasteiger partial charge >= 0.3 is 0 Å². The SMILES string of the molecule is CC(Nc1ncc(F)cc1F)c1ccc(CN)cc1. The summed E-state index contributed by atoms with van der Waals surface area (Å²) in [7, 11) is 0. The van der Waals surface area contributed by atoms with Crippen LogP contribution in [0.15, 0.2) is 36.5 Å². The quantitative estimate of drug-likeness (QED) is 0.891. The van der Waals surface area contributed by atoms with Crippen molar-refractivity contribution in [2.45, 2.75) is 19.5 Å². The van der Waals surface area contributed by atoms with E-state index in [1.165, 1.54) is 0 Å². The number of nitrogens with zero attached hydrogens (tertiary/aromatic N) is 1. The Hall–Kier alpha value is -2.01. The molecule has 3 N–H and O–H groups in total. The van der Waals surface area contributed by atoms with Gasteiger partial charge in [-0.15, -0.1) is 0 Å². The molecule has 1 unspecified atom stereocenters. The predicted octanol–water partition coefficient (Wildman–Crippen LogP) is 2.99. The zero-order valence-electron chi connectivity index (χ0n) is 10.5. The van der Waals surface area contributed by atoms with Crippen molar-refractivity contribution < 1.29 is 8.78 Å². The molecular formula is C14H15F2N3. The Bertz CT molecular complexity index is 555. The van der Waals surface area contributed by atoms with Crippen LogP contribution < -0.4 is 11.1 Å². The molecule has 19 heavy (non-hydrogen) atoms. The van der Waals surface area contributed by atoms with E-state index in [0.717, 1.165) is 23.4 Å². The Morgan fingerprint density at radius 2 is 1.95 bits per heavy atom. The Morgan fingerprint density at radius 3 is 2.53 bits per heavy atom. The van der Waals surface area contributed by atoms with E-state index in [1.807, 2.05) is 31.2 Å². The fourth-order valence-corrected chi connectivity index (χ4v) is 1.75. The van der Waals surface area contributed by atoms with Crippen molar-refractivity contribution in [2.75, 3.05) is 5.32 Å².